The van der Waals surface area contributed by atoms with E-state index >= 15 is 0 Å². The van der Waals surface area contributed by atoms with Gasteiger partial charge in [0.15, 0.2) is 0 Å². The monoisotopic (exact) mass is 562 g/mol. The minimum absolute atomic E-state index is 0.0149. The first kappa shape index (κ1) is 28.8. The number of imide groups is 1. The molecule has 208 valence electrons. The van der Waals surface area contributed by atoms with Crippen molar-refractivity contribution in [3.8, 4) is 5.75 Å². The van der Waals surface area contributed by atoms with Gasteiger partial charge in [-0.1, -0.05) is 55.5 Å². The lowest BCUT2D eigenvalue weighted by atomic mass is 9.97. The smallest absolute Gasteiger partial charge is 0.333 e. The minimum Gasteiger partial charge on any atom is -0.493 e. The van der Waals surface area contributed by atoms with Crippen molar-refractivity contribution in [1.82, 2.24) is 10.3 Å². The third-order valence-corrected chi connectivity index (χ3v) is 7.67. The number of carbonyl (C=O) groups excluding carboxylic acids is 4. The average Bonchev–Trinajstić information content (AvgIpc) is 3.28. The topological polar surface area (TPSA) is 121 Å². The van der Waals surface area contributed by atoms with Crippen LogP contribution in [-0.4, -0.2) is 46.5 Å². The normalized spacial score (nSPS) is 17.1. The maximum atomic E-state index is 13.1. The van der Waals surface area contributed by atoms with Crippen LogP contribution in [0.3, 0.4) is 0 Å². The molecule has 2 heterocycles. The lowest BCUT2D eigenvalue weighted by Gasteiger charge is -2.22. The molecule has 4 rings (SSSR count). The number of nitrogens with zero attached hydrogens (tertiary/aromatic N) is 1. The molecule has 0 spiro atoms. The number of hydrogen-bond donors (Lipinski definition) is 1. The third-order valence-electron chi connectivity index (χ3n) is 6.53. The molecule has 1 aliphatic rings. The summed E-state index contributed by atoms with van der Waals surface area (Å²) in [5, 5.41) is 1.61. The van der Waals surface area contributed by atoms with Gasteiger partial charge in [0.05, 0.1) is 20.1 Å². The van der Waals surface area contributed by atoms with Gasteiger partial charge in [0.25, 0.3) is 11.1 Å². The molecule has 1 aromatic heterocycles. The Kier molecular flexibility index (Phi) is 9.55. The lowest BCUT2D eigenvalue weighted by molar-refractivity contribution is -0.151. The molecule has 0 aliphatic carbocycles. The number of nitrogens with one attached hydrogen (secondary N) is 1. The molecule has 1 unspecified atom stereocenters. The standard InChI is InChI=1S/C30H30N2O7S/c1-3-20-11-14-25(31-17-20)23(15-26(33)37-2)19-38-24-12-9-21(10-13-24)16-30(27(34)32-29(36)40-30)28(35)39-18-22-7-5-4-6-8-22/h4-14,17,23H,3,15-16,18-19H2,1-2H3,(H,32,34,36)/t23-,30?/m0/s1. The van der Waals surface area contributed by atoms with Gasteiger partial charge in [-0.15, -0.1) is 0 Å². The molecule has 2 amide bonds. The van der Waals surface area contributed by atoms with Crippen molar-refractivity contribution >= 4 is 34.8 Å². The van der Waals surface area contributed by atoms with Crippen molar-refractivity contribution < 1.29 is 33.4 Å². The third kappa shape index (κ3) is 7.06. The molecular formula is C30H30N2O7S. The van der Waals surface area contributed by atoms with E-state index in [1.807, 2.05) is 37.3 Å². The number of thioether (sulfide) groups is 1. The van der Waals surface area contributed by atoms with E-state index in [1.54, 1.807) is 42.6 Å². The van der Waals surface area contributed by atoms with Gasteiger partial charge in [0, 0.05) is 24.2 Å². The summed E-state index contributed by atoms with van der Waals surface area (Å²) in [6.45, 7) is 2.22. The summed E-state index contributed by atoms with van der Waals surface area (Å²) in [7, 11) is 1.34. The first-order chi connectivity index (χ1) is 19.3. The summed E-state index contributed by atoms with van der Waals surface area (Å²) in [6.07, 6.45) is 2.72. The number of esters is 2. The molecule has 1 aliphatic heterocycles. The van der Waals surface area contributed by atoms with E-state index in [0.717, 1.165) is 23.2 Å². The largest absolute Gasteiger partial charge is 0.493 e. The van der Waals surface area contributed by atoms with Gasteiger partial charge in [0.1, 0.15) is 12.4 Å². The molecule has 40 heavy (non-hydrogen) atoms. The second kappa shape index (κ2) is 13.3. The van der Waals surface area contributed by atoms with E-state index in [2.05, 4.69) is 10.3 Å². The van der Waals surface area contributed by atoms with Crippen LogP contribution in [0.25, 0.3) is 0 Å². The number of ether oxygens (including phenoxy) is 3. The quantitative estimate of drug-likeness (QED) is 0.253. The number of benzene rings is 2. The molecule has 2 aromatic carbocycles. The first-order valence-corrected chi connectivity index (χ1v) is 13.6. The molecule has 0 bridgehead atoms. The average molecular weight is 563 g/mol. The van der Waals surface area contributed by atoms with Crippen LogP contribution >= 0.6 is 11.8 Å². The zero-order valence-electron chi connectivity index (χ0n) is 22.3. The number of amides is 2. The van der Waals surface area contributed by atoms with Crippen molar-refractivity contribution in [2.75, 3.05) is 13.7 Å². The van der Waals surface area contributed by atoms with Gasteiger partial charge in [0.2, 0.25) is 4.75 Å². The van der Waals surface area contributed by atoms with Gasteiger partial charge in [-0.05, 0) is 53.1 Å². The van der Waals surface area contributed by atoms with Crippen molar-refractivity contribution in [1.29, 1.82) is 0 Å². The zero-order chi connectivity index (χ0) is 28.5. The highest BCUT2D eigenvalue weighted by atomic mass is 32.2. The van der Waals surface area contributed by atoms with E-state index in [4.69, 9.17) is 14.2 Å². The molecular weight excluding hydrogens is 532 g/mol. The Balaban J connectivity index is 1.44. The summed E-state index contributed by atoms with van der Waals surface area (Å²) in [6, 6.07) is 19.8. The Hall–Kier alpha value is -4.18. The van der Waals surface area contributed by atoms with Crippen LogP contribution in [0.15, 0.2) is 72.9 Å². The second-order valence-electron chi connectivity index (χ2n) is 9.29. The van der Waals surface area contributed by atoms with Crippen molar-refractivity contribution in [3.63, 3.8) is 0 Å². The van der Waals surface area contributed by atoms with E-state index in [0.29, 0.717) is 23.1 Å². The van der Waals surface area contributed by atoms with E-state index in [9.17, 15) is 19.2 Å². The van der Waals surface area contributed by atoms with Crippen LogP contribution in [-0.2, 0) is 43.3 Å². The van der Waals surface area contributed by atoms with Gasteiger partial charge in [-0.3, -0.25) is 24.7 Å². The predicted molar refractivity (Wildman–Crippen MR) is 149 cm³/mol. The van der Waals surface area contributed by atoms with Crippen LogP contribution in [0.2, 0.25) is 0 Å². The van der Waals surface area contributed by atoms with Crippen molar-refractivity contribution in [2.45, 2.75) is 43.5 Å². The Morgan fingerprint density at radius 1 is 0.975 bits per heavy atom. The number of aromatic nitrogens is 1. The number of aryl methyl sites for hydroxylation is 1. The number of methoxy groups -OCH3 is 1. The molecule has 1 fully saturated rings. The summed E-state index contributed by atoms with van der Waals surface area (Å²) < 4.78 is 14.5. The maximum absolute atomic E-state index is 13.1. The fraction of sp³-hybridized carbons (Fsp3) is 0.300. The number of carbonyl (C=O) groups is 4. The molecule has 2 atom stereocenters. The van der Waals surface area contributed by atoms with Crippen LogP contribution in [0.1, 0.15) is 41.6 Å². The van der Waals surface area contributed by atoms with Crippen LogP contribution < -0.4 is 10.1 Å². The molecule has 3 aromatic rings. The van der Waals surface area contributed by atoms with Crippen LogP contribution in [0, 0.1) is 0 Å². The first-order valence-electron chi connectivity index (χ1n) is 12.8. The summed E-state index contributed by atoms with van der Waals surface area (Å²) in [4.78, 5) is 54.4. The summed E-state index contributed by atoms with van der Waals surface area (Å²) >= 11 is 0.629. The molecule has 1 N–H and O–H groups in total. The molecule has 0 radical (unpaired) electrons. The van der Waals surface area contributed by atoms with Crippen molar-refractivity contribution in [2.24, 2.45) is 0 Å². The molecule has 1 saturated heterocycles. The molecule has 9 nitrogen and oxygen atoms in total. The number of hydrogen-bond acceptors (Lipinski definition) is 9. The van der Waals surface area contributed by atoms with Crippen molar-refractivity contribution in [3.05, 3.63) is 95.3 Å². The Morgan fingerprint density at radius 2 is 1.70 bits per heavy atom. The van der Waals surface area contributed by atoms with Crippen LogP contribution in [0.5, 0.6) is 5.75 Å². The zero-order valence-corrected chi connectivity index (χ0v) is 23.1. The fourth-order valence-electron chi connectivity index (χ4n) is 4.19. The van der Waals surface area contributed by atoms with E-state index in [-0.39, 0.29) is 37.9 Å². The number of rotatable bonds is 12. The van der Waals surface area contributed by atoms with Crippen LogP contribution in [0.4, 0.5) is 4.79 Å². The highest BCUT2D eigenvalue weighted by molar-refractivity contribution is 8.16. The second-order valence-corrected chi connectivity index (χ2v) is 10.6. The Labute approximate surface area is 236 Å². The number of pyridine rings is 1. The minimum atomic E-state index is -1.73. The molecule has 0 saturated carbocycles. The van der Waals surface area contributed by atoms with E-state index in [1.165, 1.54) is 7.11 Å². The fourth-order valence-corrected chi connectivity index (χ4v) is 5.18. The van der Waals surface area contributed by atoms with Gasteiger partial charge in [-0.25, -0.2) is 4.79 Å². The molecule has 10 heteroatoms. The Morgan fingerprint density at radius 3 is 2.30 bits per heavy atom. The SMILES string of the molecule is CCc1ccc([C@H](COc2ccc(CC3(C(=O)OCc4ccccc4)SC(=O)NC3=O)cc2)CC(=O)OC)nc1. The lowest BCUT2D eigenvalue weighted by Crippen LogP contribution is -2.46. The highest BCUT2D eigenvalue weighted by Gasteiger charge is 2.55. The van der Waals surface area contributed by atoms with Gasteiger partial charge >= 0.3 is 11.9 Å². The summed E-state index contributed by atoms with van der Waals surface area (Å²) in [5.41, 5.74) is 3.23. The predicted octanol–water partition coefficient (Wildman–Crippen LogP) is 4.38. The van der Waals surface area contributed by atoms with Gasteiger partial charge < -0.3 is 14.2 Å². The van der Waals surface area contributed by atoms with E-state index < -0.39 is 21.9 Å². The van der Waals surface area contributed by atoms with Gasteiger partial charge in [-0.2, -0.15) is 0 Å². The highest BCUT2D eigenvalue weighted by Crippen LogP contribution is 2.37. The maximum Gasteiger partial charge on any atom is 0.333 e. The summed E-state index contributed by atoms with van der Waals surface area (Å²) in [5.74, 6) is -1.63. The Bertz CT molecular complexity index is 1350.